The third-order valence-corrected chi connectivity index (χ3v) is 5.29. The van der Waals surface area contributed by atoms with E-state index in [-0.39, 0.29) is 5.91 Å². The van der Waals surface area contributed by atoms with Crippen LogP contribution in [0.15, 0.2) is 29.3 Å². The van der Waals surface area contributed by atoms with Crippen molar-refractivity contribution in [2.75, 3.05) is 5.32 Å². The van der Waals surface area contributed by atoms with Crippen LogP contribution in [0.4, 0.5) is 5.69 Å². The van der Waals surface area contributed by atoms with Gasteiger partial charge in [-0.25, -0.2) is 0 Å². The van der Waals surface area contributed by atoms with Crippen LogP contribution in [-0.2, 0) is 22.4 Å². The number of rotatable bonds is 3. The molecular formula is C19H23NO3. The second kappa shape index (κ2) is 6.19. The molecule has 0 fully saturated rings. The Morgan fingerprint density at radius 3 is 2.39 bits per heavy atom. The Labute approximate surface area is 136 Å². The smallest absolute Gasteiger partial charge is 0.307 e. The highest BCUT2D eigenvalue weighted by Crippen LogP contribution is 2.35. The van der Waals surface area contributed by atoms with Gasteiger partial charge in [0, 0.05) is 5.69 Å². The molecule has 3 rings (SSSR count). The number of carboxylic acid groups (broad SMARTS) is 1. The molecule has 0 radical (unpaired) electrons. The van der Waals surface area contributed by atoms with E-state index in [1.165, 1.54) is 17.5 Å². The number of hydrogen-bond donors (Lipinski definition) is 2. The SMILES string of the molecule is CC1=C(C)C[C@@H](C(=O)Nc2ccc3c(c2)CCC3)[C@H](C(=O)O)C1. The Hall–Kier alpha value is -2.10. The van der Waals surface area contributed by atoms with Crippen LogP contribution in [0.1, 0.15) is 44.2 Å². The standard InChI is InChI=1S/C19H23NO3/c1-11-8-16(17(19(22)23)9-12(11)2)18(21)20-15-7-6-13-4-3-5-14(13)10-15/h6-7,10,16-17H,3-5,8-9H2,1-2H3,(H,20,21)(H,22,23)/t16-,17-/m1/s1. The van der Waals surface area contributed by atoms with Crippen molar-refractivity contribution in [3.8, 4) is 0 Å². The molecule has 0 saturated heterocycles. The fourth-order valence-corrected chi connectivity index (χ4v) is 3.71. The molecule has 1 aromatic carbocycles. The van der Waals surface area contributed by atoms with Gasteiger partial charge in [-0.2, -0.15) is 0 Å². The van der Waals surface area contributed by atoms with Gasteiger partial charge in [-0.3, -0.25) is 9.59 Å². The molecule has 1 aromatic rings. The maximum Gasteiger partial charge on any atom is 0.307 e. The summed E-state index contributed by atoms with van der Waals surface area (Å²) >= 11 is 0. The highest BCUT2D eigenvalue weighted by Gasteiger charge is 2.37. The molecule has 0 aromatic heterocycles. The average Bonchev–Trinajstić information content (AvgIpc) is 2.96. The molecule has 2 aliphatic carbocycles. The van der Waals surface area contributed by atoms with Crippen molar-refractivity contribution in [2.24, 2.45) is 11.8 Å². The first-order valence-corrected chi connectivity index (χ1v) is 8.26. The topological polar surface area (TPSA) is 66.4 Å². The van der Waals surface area contributed by atoms with Crippen molar-refractivity contribution < 1.29 is 14.7 Å². The first-order valence-electron chi connectivity index (χ1n) is 8.26. The van der Waals surface area contributed by atoms with Gasteiger partial charge in [-0.05, 0) is 69.2 Å². The minimum Gasteiger partial charge on any atom is -0.481 e. The van der Waals surface area contributed by atoms with E-state index >= 15 is 0 Å². The van der Waals surface area contributed by atoms with Crippen LogP contribution in [0.2, 0.25) is 0 Å². The Morgan fingerprint density at radius 2 is 1.70 bits per heavy atom. The zero-order valence-electron chi connectivity index (χ0n) is 13.7. The average molecular weight is 313 g/mol. The Bertz CT molecular complexity index is 690. The van der Waals surface area contributed by atoms with Gasteiger partial charge in [0.05, 0.1) is 11.8 Å². The highest BCUT2D eigenvalue weighted by molar-refractivity contribution is 5.95. The molecule has 1 amide bonds. The van der Waals surface area contributed by atoms with Crippen LogP contribution in [0.3, 0.4) is 0 Å². The lowest BCUT2D eigenvalue weighted by atomic mass is 9.76. The lowest BCUT2D eigenvalue weighted by molar-refractivity contribution is -0.146. The van der Waals surface area contributed by atoms with Crippen LogP contribution in [-0.4, -0.2) is 17.0 Å². The lowest BCUT2D eigenvalue weighted by Gasteiger charge is -2.29. The maximum atomic E-state index is 12.6. The van der Waals surface area contributed by atoms with E-state index in [2.05, 4.69) is 11.4 Å². The Morgan fingerprint density at radius 1 is 1.04 bits per heavy atom. The third-order valence-electron chi connectivity index (χ3n) is 5.29. The van der Waals surface area contributed by atoms with Crippen molar-refractivity contribution in [3.05, 3.63) is 40.5 Å². The van der Waals surface area contributed by atoms with Crippen molar-refractivity contribution in [2.45, 2.75) is 46.0 Å². The third kappa shape index (κ3) is 3.16. The van der Waals surface area contributed by atoms with Gasteiger partial charge < -0.3 is 10.4 Å². The van der Waals surface area contributed by atoms with Crippen LogP contribution in [0.5, 0.6) is 0 Å². The van der Waals surface area contributed by atoms with Crippen molar-refractivity contribution >= 4 is 17.6 Å². The molecule has 2 atom stereocenters. The van der Waals surface area contributed by atoms with Crippen LogP contribution >= 0.6 is 0 Å². The number of allylic oxidation sites excluding steroid dienone is 2. The van der Waals surface area contributed by atoms with Gasteiger partial charge in [-0.1, -0.05) is 17.2 Å². The summed E-state index contributed by atoms with van der Waals surface area (Å²) in [7, 11) is 0. The number of fused-ring (bicyclic) bond motifs is 1. The number of amides is 1. The molecule has 0 saturated carbocycles. The van der Waals surface area contributed by atoms with Gasteiger partial charge >= 0.3 is 5.97 Å². The lowest BCUT2D eigenvalue weighted by Crippen LogP contribution is -2.36. The van der Waals surface area contributed by atoms with Crippen molar-refractivity contribution in [3.63, 3.8) is 0 Å². The molecule has 122 valence electrons. The number of aliphatic carboxylic acids is 1. The van der Waals surface area contributed by atoms with Gasteiger partial charge in [0.25, 0.3) is 0 Å². The molecule has 2 N–H and O–H groups in total. The molecule has 23 heavy (non-hydrogen) atoms. The summed E-state index contributed by atoms with van der Waals surface area (Å²) in [6.07, 6.45) is 4.32. The molecule has 0 unspecified atom stereocenters. The molecular weight excluding hydrogens is 290 g/mol. The maximum absolute atomic E-state index is 12.6. The number of nitrogens with one attached hydrogen (secondary N) is 1. The number of benzene rings is 1. The summed E-state index contributed by atoms with van der Waals surface area (Å²) in [6.45, 7) is 3.95. The zero-order valence-corrected chi connectivity index (χ0v) is 13.7. The zero-order chi connectivity index (χ0) is 16.6. The second-order valence-corrected chi connectivity index (χ2v) is 6.85. The quantitative estimate of drug-likeness (QED) is 0.839. The predicted molar refractivity (Wildman–Crippen MR) is 89.3 cm³/mol. The highest BCUT2D eigenvalue weighted by atomic mass is 16.4. The van der Waals surface area contributed by atoms with Gasteiger partial charge in [0.1, 0.15) is 0 Å². The van der Waals surface area contributed by atoms with E-state index in [0.717, 1.165) is 29.7 Å². The summed E-state index contributed by atoms with van der Waals surface area (Å²) in [5.74, 6) is -2.19. The van der Waals surface area contributed by atoms with Gasteiger partial charge in [0.2, 0.25) is 5.91 Å². The number of carbonyl (C=O) groups excluding carboxylic acids is 1. The normalized spacial score (nSPS) is 23.6. The number of carboxylic acids is 1. The van der Waals surface area contributed by atoms with E-state index < -0.39 is 17.8 Å². The number of aryl methyl sites for hydroxylation is 2. The number of hydrogen-bond acceptors (Lipinski definition) is 2. The van der Waals surface area contributed by atoms with Crippen molar-refractivity contribution in [1.29, 1.82) is 0 Å². The second-order valence-electron chi connectivity index (χ2n) is 6.85. The Kier molecular flexibility index (Phi) is 4.24. The molecule has 4 heteroatoms. The summed E-state index contributed by atoms with van der Waals surface area (Å²) < 4.78 is 0. The fraction of sp³-hybridized carbons (Fsp3) is 0.474. The first kappa shape index (κ1) is 15.8. The molecule has 4 nitrogen and oxygen atoms in total. The van der Waals surface area contributed by atoms with Crippen LogP contribution in [0.25, 0.3) is 0 Å². The summed E-state index contributed by atoms with van der Waals surface area (Å²) in [6, 6.07) is 6.03. The molecule has 0 aliphatic heterocycles. The van der Waals surface area contributed by atoms with E-state index in [1.54, 1.807) is 0 Å². The summed E-state index contributed by atoms with van der Waals surface area (Å²) in [4.78, 5) is 24.2. The van der Waals surface area contributed by atoms with Crippen LogP contribution in [0, 0.1) is 11.8 Å². The molecule has 0 spiro atoms. The monoisotopic (exact) mass is 313 g/mol. The minimum absolute atomic E-state index is 0.179. The van der Waals surface area contributed by atoms with E-state index in [4.69, 9.17) is 0 Å². The Balaban J connectivity index is 1.77. The van der Waals surface area contributed by atoms with E-state index in [0.29, 0.717) is 12.8 Å². The van der Waals surface area contributed by atoms with E-state index in [1.807, 2.05) is 26.0 Å². The van der Waals surface area contributed by atoms with Gasteiger partial charge in [0.15, 0.2) is 0 Å². The molecule has 2 aliphatic rings. The van der Waals surface area contributed by atoms with Gasteiger partial charge in [-0.15, -0.1) is 0 Å². The van der Waals surface area contributed by atoms with Crippen molar-refractivity contribution in [1.82, 2.24) is 0 Å². The minimum atomic E-state index is -0.883. The van der Waals surface area contributed by atoms with E-state index in [9.17, 15) is 14.7 Å². The summed E-state index contributed by atoms with van der Waals surface area (Å²) in [5, 5.41) is 12.4. The number of carbonyl (C=O) groups is 2. The first-order chi connectivity index (χ1) is 11.0. The molecule has 0 bridgehead atoms. The largest absolute Gasteiger partial charge is 0.481 e. The fourth-order valence-electron chi connectivity index (χ4n) is 3.71. The number of anilines is 1. The predicted octanol–water partition coefficient (Wildman–Crippen LogP) is 3.56. The van der Waals surface area contributed by atoms with Crippen LogP contribution < -0.4 is 5.32 Å². The summed E-state index contributed by atoms with van der Waals surface area (Å²) in [5.41, 5.74) is 5.67. The molecule has 0 heterocycles.